The van der Waals surface area contributed by atoms with Gasteiger partial charge in [-0.05, 0) is 31.7 Å². The van der Waals surface area contributed by atoms with Crippen LogP contribution in [0.3, 0.4) is 0 Å². The summed E-state index contributed by atoms with van der Waals surface area (Å²) in [7, 11) is 1.62. The Morgan fingerprint density at radius 3 is 2.63 bits per heavy atom. The van der Waals surface area contributed by atoms with Gasteiger partial charge in [0.15, 0.2) is 0 Å². The fourth-order valence-electron chi connectivity index (χ4n) is 1.95. The van der Waals surface area contributed by atoms with Gasteiger partial charge in [-0.15, -0.1) is 0 Å². The van der Waals surface area contributed by atoms with Gasteiger partial charge in [-0.25, -0.2) is 0 Å². The Labute approximate surface area is 114 Å². The normalized spacial score (nSPS) is 11.7. The molecule has 1 aromatic rings. The molecule has 1 aromatic carbocycles. The van der Waals surface area contributed by atoms with Crippen molar-refractivity contribution in [1.82, 2.24) is 4.90 Å². The number of nitriles is 2. The fraction of sp³-hybridized carbons (Fsp3) is 0.467. The predicted octanol–water partition coefficient (Wildman–Crippen LogP) is 2.55. The van der Waals surface area contributed by atoms with Crippen molar-refractivity contribution < 1.29 is 4.74 Å². The summed E-state index contributed by atoms with van der Waals surface area (Å²) in [6, 6.07) is 9.78. The largest absolute Gasteiger partial charge is 0.496 e. The number of benzene rings is 1. The molecule has 0 amide bonds. The molecular formula is C15H19N3O. The maximum absolute atomic E-state index is 8.95. The van der Waals surface area contributed by atoms with Crippen LogP contribution in [0.1, 0.15) is 25.0 Å². The van der Waals surface area contributed by atoms with E-state index in [1.165, 1.54) is 0 Å². The van der Waals surface area contributed by atoms with Crippen LogP contribution < -0.4 is 4.74 Å². The molecule has 0 radical (unpaired) electrons. The van der Waals surface area contributed by atoms with E-state index in [4.69, 9.17) is 15.3 Å². The molecule has 1 atom stereocenters. The Kier molecular flexibility index (Phi) is 5.85. The van der Waals surface area contributed by atoms with E-state index in [2.05, 4.69) is 24.0 Å². The van der Waals surface area contributed by atoms with Crippen molar-refractivity contribution in [3.05, 3.63) is 29.3 Å². The molecular weight excluding hydrogens is 238 g/mol. The zero-order valence-electron chi connectivity index (χ0n) is 11.7. The highest BCUT2D eigenvalue weighted by Crippen LogP contribution is 2.21. The van der Waals surface area contributed by atoms with E-state index < -0.39 is 0 Å². The molecule has 0 spiro atoms. The lowest BCUT2D eigenvalue weighted by Gasteiger charge is -2.22. The molecule has 0 aliphatic rings. The van der Waals surface area contributed by atoms with Crippen LogP contribution in [-0.4, -0.2) is 25.1 Å². The first-order valence-electron chi connectivity index (χ1n) is 6.33. The second-order valence-electron chi connectivity index (χ2n) is 4.50. The van der Waals surface area contributed by atoms with Crippen LogP contribution in [0, 0.1) is 28.6 Å². The van der Waals surface area contributed by atoms with Gasteiger partial charge in [-0.3, -0.25) is 4.90 Å². The average Bonchev–Trinajstić information content (AvgIpc) is 2.45. The molecule has 1 unspecified atom stereocenters. The molecule has 100 valence electrons. The molecule has 0 aromatic heterocycles. The maximum Gasteiger partial charge on any atom is 0.123 e. The molecule has 1 rings (SSSR count). The first-order valence-corrected chi connectivity index (χ1v) is 6.33. The minimum absolute atomic E-state index is 0.00917. The number of nitrogens with zero attached hydrogens (tertiary/aromatic N) is 3. The second-order valence-corrected chi connectivity index (χ2v) is 4.50. The fourth-order valence-corrected chi connectivity index (χ4v) is 1.95. The van der Waals surface area contributed by atoms with Gasteiger partial charge in [0.05, 0.1) is 30.7 Å². The monoisotopic (exact) mass is 257 g/mol. The van der Waals surface area contributed by atoms with Crippen molar-refractivity contribution in [3.8, 4) is 17.9 Å². The minimum Gasteiger partial charge on any atom is -0.496 e. The van der Waals surface area contributed by atoms with E-state index in [-0.39, 0.29) is 5.92 Å². The van der Waals surface area contributed by atoms with Crippen LogP contribution in [0.15, 0.2) is 18.2 Å². The molecule has 0 aliphatic heterocycles. The Balaban J connectivity index is 2.90. The van der Waals surface area contributed by atoms with Crippen LogP contribution in [0.2, 0.25) is 0 Å². The minimum atomic E-state index is -0.00917. The quantitative estimate of drug-likeness (QED) is 0.785. The third-order valence-electron chi connectivity index (χ3n) is 3.00. The van der Waals surface area contributed by atoms with Crippen molar-refractivity contribution in [3.63, 3.8) is 0 Å². The van der Waals surface area contributed by atoms with Crippen LogP contribution in [0.5, 0.6) is 5.75 Å². The van der Waals surface area contributed by atoms with Gasteiger partial charge in [0.25, 0.3) is 0 Å². The summed E-state index contributed by atoms with van der Waals surface area (Å²) in [5.41, 5.74) is 1.61. The Morgan fingerprint density at radius 2 is 2.11 bits per heavy atom. The summed E-state index contributed by atoms with van der Waals surface area (Å²) in [6.45, 7) is 6.22. The molecule has 0 saturated heterocycles. The topological polar surface area (TPSA) is 60.1 Å². The average molecular weight is 257 g/mol. The SMILES string of the molecule is CCN(Cc1cc(C#N)ccc1OC)CC(C)C#N. The molecule has 19 heavy (non-hydrogen) atoms. The highest BCUT2D eigenvalue weighted by Gasteiger charge is 2.12. The number of ether oxygens (including phenoxy) is 1. The van der Waals surface area contributed by atoms with Crippen molar-refractivity contribution in [2.45, 2.75) is 20.4 Å². The molecule has 0 N–H and O–H groups in total. The maximum atomic E-state index is 8.95. The number of hydrogen-bond donors (Lipinski definition) is 0. The lowest BCUT2D eigenvalue weighted by molar-refractivity contribution is 0.256. The highest BCUT2D eigenvalue weighted by atomic mass is 16.5. The number of methoxy groups -OCH3 is 1. The summed E-state index contributed by atoms with van der Waals surface area (Å²) in [5.74, 6) is 0.771. The Hall–Kier alpha value is -2.04. The third kappa shape index (κ3) is 4.28. The molecule has 0 fully saturated rings. The second kappa shape index (κ2) is 7.41. The van der Waals surface area contributed by atoms with E-state index in [1.807, 2.05) is 19.1 Å². The van der Waals surface area contributed by atoms with Crippen LogP contribution in [0.25, 0.3) is 0 Å². The van der Waals surface area contributed by atoms with Gasteiger partial charge in [0.1, 0.15) is 5.75 Å². The van der Waals surface area contributed by atoms with Crippen LogP contribution in [-0.2, 0) is 6.54 Å². The van der Waals surface area contributed by atoms with Crippen LogP contribution in [0.4, 0.5) is 0 Å². The first-order chi connectivity index (χ1) is 9.14. The van der Waals surface area contributed by atoms with Gasteiger partial charge < -0.3 is 4.74 Å². The molecule has 0 saturated carbocycles. The molecule has 0 bridgehead atoms. The highest BCUT2D eigenvalue weighted by molar-refractivity contribution is 5.42. The summed E-state index contributed by atoms with van der Waals surface area (Å²) >= 11 is 0. The van der Waals surface area contributed by atoms with Crippen molar-refractivity contribution >= 4 is 0 Å². The zero-order chi connectivity index (χ0) is 14.3. The Bertz CT molecular complexity index is 499. The van der Waals surface area contributed by atoms with E-state index in [0.717, 1.165) is 17.9 Å². The van der Waals surface area contributed by atoms with E-state index in [1.54, 1.807) is 13.2 Å². The van der Waals surface area contributed by atoms with Crippen molar-refractivity contribution in [1.29, 1.82) is 10.5 Å². The molecule has 4 nitrogen and oxygen atoms in total. The number of rotatable bonds is 6. The van der Waals surface area contributed by atoms with Gasteiger partial charge in [0.2, 0.25) is 0 Å². The Morgan fingerprint density at radius 1 is 1.37 bits per heavy atom. The summed E-state index contributed by atoms with van der Waals surface area (Å²) in [5, 5.41) is 17.8. The molecule has 4 heteroatoms. The lowest BCUT2D eigenvalue weighted by Crippen LogP contribution is -2.27. The van der Waals surface area contributed by atoms with Gasteiger partial charge in [0, 0.05) is 18.7 Å². The van der Waals surface area contributed by atoms with Gasteiger partial charge in [-0.2, -0.15) is 10.5 Å². The van der Waals surface area contributed by atoms with Crippen LogP contribution >= 0.6 is 0 Å². The standard InChI is InChI=1S/C15H19N3O/c1-4-18(10-12(2)8-16)11-14-7-13(9-17)5-6-15(14)19-3/h5-7,12H,4,10-11H2,1-3H3. The summed E-state index contributed by atoms with van der Waals surface area (Å²) in [6.07, 6.45) is 0. The number of hydrogen-bond acceptors (Lipinski definition) is 4. The smallest absolute Gasteiger partial charge is 0.123 e. The van der Waals surface area contributed by atoms with E-state index in [9.17, 15) is 0 Å². The van der Waals surface area contributed by atoms with E-state index >= 15 is 0 Å². The van der Waals surface area contributed by atoms with Crippen molar-refractivity contribution in [2.24, 2.45) is 5.92 Å². The lowest BCUT2D eigenvalue weighted by atomic mass is 10.1. The summed E-state index contributed by atoms with van der Waals surface area (Å²) < 4.78 is 5.32. The van der Waals surface area contributed by atoms with Gasteiger partial charge in [-0.1, -0.05) is 6.92 Å². The van der Waals surface area contributed by atoms with Gasteiger partial charge >= 0.3 is 0 Å². The zero-order valence-corrected chi connectivity index (χ0v) is 11.7. The molecule has 0 heterocycles. The summed E-state index contributed by atoms with van der Waals surface area (Å²) in [4.78, 5) is 2.17. The molecule has 0 aliphatic carbocycles. The predicted molar refractivity (Wildman–Crippen MR) is 73.4 cm³/mol. The third-order valence-corrected chi connectivity index (χ3v) is 3.00. The van der Waals surface area contributed by atoms with E-state index in [0.29, 0.717) is 18.7 Å². The van der Waals surface area contributed by atoms with Crippen molar-refractivity contribution in [2.75, 3.05) is 20.2 Å². The first kappa shape index (κ1) is 15.0.